The second kappa shape index (κ2) is 6.56. The molecule has 1 heterocycles. The quantitative estimate of drug-likeness (QED) is 0.675. The highest BCUT2D eigenvalue weighted by atomic mass is 79.9. The van der Waals surface area contributed by atoms with Gasteiger partial charge in [0.2, 0.25) is 0 Å². The first-order valence-electron chi connectivity index (χ1n) is 7.28. The molecule has 5 heteroatoms. The summed E-state index contributed by atoms with van der Waals surface area (Å²) >= 11 is 3.55. The maximum Gasteiger partial charge on any atom is 0.336 e. The number of phenolic OH excluding ortho intramolecular Hbond substituents is 1. The summed E-state index contributed by atoms with van der Waals surface area (Å²) in [5, 5.41) is 13.8. The second-order valence-corrected chi connectivity index (χ2v) is 6.25. The first-order chi connectivity index (χ1) is 11.0. The lowest BCUT2D eigenvalue weighted by atomic mass is 10.1. The number of phenols is 1. The summed E-state index contributed by atoms with van der Waals surface area (Å²) in [6.07, 6.45) is 0. The largest absolute Gasteiger partial charge is 0.508 e. The van der Waals surface area contributed by atoms with Crippen LogP contribution in [-0.2, 0) is 6.54 Å². The predicted octanol–water partition coefficient (Wildman–Crippen LogP) is 4.11. The van der Waals surface area contributed by atoms with Crippen LogP contribution in [0.4, 0.5) is 0 Å². The zero-order valence-electron chi connectivity index (χ0n) is 12.5. The van der Waals surface area contributed by atoms with E-state index < -0.39 is 5.63 Å². The van der Waals surface area contributed by atoms with Gasteiger partial charge in [0.1, 0.15) is 11.3 Å². The van der Waals surface area contributed by atoms with E-state index in [-0.39, 0.29) is 11.8 Å². The second-order valence-electron chi connectivity index (χ2n) is 5.40. The van der Waals surface area contributed by atoms with Crippen molar-refractivity contribution >= 4 is 26.9 Å². The van der Waals surface area contributed by atoms with Crippen molar-refractivity contribution in [2.75, 3.05) is 0 Å². The smallest absolute Gasteiger partial charge is 0.336 e. The molecule has 118 valence electrons. The molecule has 3 rings (SSSR count). The van der Waals surface area contributed by atoms with Gasteiger partial charge in [-0.05, 0) is 36.2 Å². The van der Waals surface area contributed by atoms with Crippen LogP contribution >= 0.6 is 15.9 Å². The number of rotatable bonds is 4. The molecule has 1 atom stereocenters. The Balaban J connectivity index is 1.87. The monoisotopic (exact) mass is 373 g/mol. The van der Waals surface area contributed by atoms with Crippen LogP contribution in [0.15, 0.2) is 62.2 Å². The van der Waals surface area contributed by atoms with Crippen molar-refractivity contribution in [2.24, 2.45) is 0 Å². The van der Waals surface area contributed by atoms with Gasteiger partial charge in [-0.3, -0.25) is 0 Å². The van der Waals surface area contributed by atoms with Gasteiger partial charge >= 0.3 is 5.63 Å². The third-order valence-corrected chi connectivity index (χ3v) is 4.51. The lowest BCUT2D eigenvalue weighted by Gasteiger charge is -2.16. The maximum absolute atomic E-state index is 11.7. The topological polar surface area (TPSA) is 62.5 Å². The normalized spacial score (nSPS) is 12.4. The van der Waals surface area contributed by atoms with Crippen molar-refractivity contribution in [3.63, 3.8) is 0 Å². The minimum absolute atomic E-state index is 0.0762. The SMILES string of the molecule is C[C@@H](NCc1cc(=O)oc2cc(O)ccc12)c1ccccc1Br. The van der Waals surface area contributed by atoms with Crippen molar-refractivity contribution in [2.45, 2.75) is 19.5 Å². The van der Waals surface area contributed by atoms with Gasteiger partial charge in [-0.1, -0.05) is 34.1 Å². The summed E-state index contributed by atoms with van der Waals surface area (Å²) in [5.74, 6) is 0.0762. The zero-order chi connectivity index (χ0) is 16.4. The summed E-state index contributed by atoms with van der Waals surface area (Å²) in [7, 11) is 0. The summed E-state index contributed by atoms with van der Waals surface area (Å²) in [4.78, 5) is 11.7. The molecule has 1 aromatic heterocycles. The highest BCUT2D eigenvalue weighted by Crippen LogP contribution is 2.25. The Morgan fingerprint density at radius 3 is 2.78 bits per heavy atom. The average Bonchev–Trinajstić information content (AvgIpc) is 2.52. The fourth-order valence-corrected chi connectivity index (χ4v) is 3.19. The molecule has 0 aliphatic heterocycles. The van der Waals surface area contributed by atoms with Crippen molar-refractivity contribution < 1.29 is 9.52 Å². The molecule has 0 amide bonds. The maximum atomic E-state index is 11.7. The van der Waals surface area contributed by atoms with E-state index in [0.29, 0.717) is 12.1 Å². The summed E-state index contributed by atoms with van der Waals surface area (Å²) in [5.41, 5.74) is 1.96. The minimum atomic E-state index is -0.423. The third kappa shape index (κ3) is 3.46. The third-order valence-electron chi connectivity index (χ3n) is 3.78. The molecular formula is C18H16BrNO3. The fourth-order valence-electron chi connectivity index (χ4n) is 2.56. The molecular weight excluding hydrogens is 358 g/mol. The van der Waals surface area contributed by atoms with E-state index in [2.05, 4.69) is 34.2 Å². The molecule has 0 aliphatic rings. The molecule has 3 aromatic rings. The molecule has 0 aliphatic carbocycles. The first-order valence-corrected chi connectivity index (χ1v) is 8.07. The number of benzene rings is 2. The molecule has 23 heavy (non-hydrogen) atoms. The molecule has 0 bridgehead atoms. The van der Waals surface area contributed by atoms with E-state index in [9.17, 15) is 9.90 Å². The first kappa shape index (κ1) is 15.8. The van der Waals surface area contributed by atoms with E-state index in [1.165, 1.54) is 12.1 Å². The Hall–Kier alpha value is -2.11. The van der Waals surface area contributed by atoms with Gasteiger partial charge in [-0.25, -0.2) is 4.79 Å². The van der Waals surface area contributed by atoms with Gasteiger partial charge in [-0.2, -0.15) is 0 Å². The number of nitrogens with one attached hydrogen (secondary N) is 1. The van der Waals surface area contributed by atoms with Gasteiger partial charge < -0.3 is 14.8 Å². The summed E-state index contributed by atoms with van der Waals surface area (Å²) in [6.45, 7) is 2.59. The van der Waals surface area contributed by atoms with Gasteiger partial charge in [0.25, 0.3) is 0 Å². The average molecular weight is 374 g/mol. The molecule has 0 saturated carbocycles. The number of hydrogen-bond acceptors (Lipinski definition) is 4. The highest BCUT2D eigenvalue weighted by Gasteiger charge is 2.11. The molecule has 2 aromatic carbocycles. The molecule has 4 nitrogen and oxygen atoms in total. The minimum Gasteiger partial charge on any atom is -0.508 e. The van der Waals surface area contributed by atoms with Gasteiger partial charge in [0.05, 0.1) is 0 Å². The Morgan fingerprint density at radius 2 is 2.00 bits per heavy atom. The lowest BCUT2D eigenvalue weighted by Crippen LogP contribution is -2.19. The fraction of sp³-hybridized carbons (Fsp3) is 0.167. The Labute approximate surface area is 141 Å². The Bertz CT molecular complexity index is 904. The van der Waals surface area contributed by atoms with Crippen LogP contribution in [0.5, 0.6) is 5.75 Å². The van der Waals surface area contributed by atoms with Gasteiger partial charge in [0.15, 0.2) is 0 Å². The van der Waals surface area contributed by atoms with E-state index in [1.807, 2.05) is 18.2 Å². The van der Waals surface area contributed by atoms with Crippen molar-refractivity contribution in [1.29, 1.82) is 0 Å². The van der Waals surface area contributed by atoms with Gasteiger partial charge in [-0.15, -0.1) is 0 Å². The van der Waals surface area contributed by atoms with E-state index in [1.54, 1.807) is 12.1 Å². The standard InChI is InChI=1S/C18H16BrNO3/c1-11(14-4-2-3-5-16(14)19)20-10-12-8-18(22)23-17-9-13(21)6-7-15(12)17/h2-9,11,20-21H,10H2,1H3/t11-/m1/s1. The number of fused-ring (bicyclic) bond motifs is 1. The van der Waals surface area contributed by atoms with Crippen molar-refractivity contribution in [3.8, 4) is 5.75 Å². The predicted molar refractivity (Wildman–Crippen MR) is 93.5 cm³/mol. The van der Waals surface area contributed by atoms with Gasteiger partial charge in [0, 0.05) is 34.6 Å². The molecule has 0 saturated heterocycles. The van der Waals surface area contributed by atoms with Crippen molar-refractivity contribution in [3.05, 3.63) is 74.6 Å². The van der Waals surface area contributed by atoms with Crippen molar-refractivity contribution in [1.82, 2.24) is 5.32 Å². The molecule has 0 spiro atoms. The number of halogens is 1. The summed E-state index contributed by atoms with van der Waals surface area (Å²) in [6, 6.07) is 14.4. The Kier molecular flexibility index (Phi) is 4.50. The molecule has 0 radical (unpaired) electrons. The van der Waals surface area contributed by atoms with E-state index >= 15 is 0 Å². The molecule has 0 unspecified atom stereocenters. The molecule has 2 N–H and O–H groups in total. The molecule has 0 fully saturated rings. The van der Waals surface area contributed by atoms with Crippen LogP contribution in [0.3, 0.4) is 0 Å². The van der Waals surface area contributed by atoms with Crippen LogP contribution in [-0.4, -0.2) is 5.11 Å². The van der Waals surface area contributed by atoms with Crippen LogP contribution in [0.1, 0.15) is 24.1 Å². The lowest BCUT2D eigenvalue weighted by molar-refractivity contribution is 0.473. The number of aromatic hydroxyl groups is 1. The Morgan fingerprint density at radius 1 is 1.22 bits per heavy atom. The van der Waals surface area contributed by atoms with E-state index in [4.69, 9.17) is 4.42 Å². The number of hydrogen-bond donors (Lipinski definition) is 2. The van der Waals surface area contributed by atoms with Crippen LogP contribution in [0, 0.1) is 0 Å². The zero-order valence-corrected chi connectivity index (χ0v) is 14.1. The summed E-state index contributed by atoms with van der Waals surface area (Å²) < 4.78 is 6.19. The highest BCUT2D eigenvalue weighted by molar-refractivity contribution is 9.10. The van der Waals surface area contributed by atoms with Crippen LogP contribution in [0.2, 0.25) is 0 Å². The van der Waals surface area contributed by atoms with Crippen LogP contribution < -0.4 is 10.9 Å². The van der Waals surface area contributed by atoms with E-state index in [0.717, 1.165) is 21.0 Å². The van der Waals surface area contributed by atoms with Crippen LogP contribution in [0.25, 0.3) is 11.0 Å².